The Morgan fingerprint density at radius 3 is 2.35 bits per heavy atom. The van der Waals surface area contributed by atoms with Gasteiger partial charge in [-0.05, 0) is 26.0 Å². The first kappa shape index (κ1) is 18.4. The number of piperazine rings is 1. The molecule has 0 saturated carbocycles. The molecule has 3 rings (SSSR count). The maximum atomic E-state index is 13.7. The fourth-order valence-electron chi connectivity index (χ4n) is 3.21. The van der Waals surface area contributed by atoms with Crippen LogP contribution in [0.15, 0.2) is 30.5 Å². The summed E-state index contributed by atoms with van der Waals surface area (Å²) in [5, 5.41) is 3.87. The lowest BCUT2D eigenvalue weighted by molar-refractivity contribution is -0.902. The summed E-state index contributed by atoms with van der Waals surface area (Å²) < 4.78 is 42.0. The van der Waals surface area contributed by atoms with Gasteiger partial charge in [0.25, 0.3) is 5.91 Å². The molecule has 1 fully saturated rings. The molecule has 5 nitrogen and oxygen atoms in total. The number of halogens is 3. The van der Waals surface area contributed by atoms with E-state index in [1.54, 1.807) is 24.3 Å². The van der Waals surface area contributed by atoms with Gasteiger partial charge in [-0.1, -0.05) is 17.7 Å². The van der Waals surface area contributed by atoms with E-state index in [2.05, 4.69) is 12.0 Å². The van der Waals surface area contributed by atoms with Crippen LogP contribution < -0.4 is 4.90 Å². The zero-order valence-electron chi connectivity index (χ0n) is 14.8. The third-order valence-electron chi connectivity index (χ3n) is 4.80. The molecule has 0 unspecified atom stereocenters. The number of amides is 1. The zero-order chi connectivity index (χ0) is 18.9. The maximum Gasteiger partial charge on any atom is 0.434 e. The molecule has 0 radical (unpaired) electrons. The Morgan fingerprint density at radius 1 is 1.19 bits per heavy atom. The van der Waals surface area contributed by atoms with E-state index in [1.165, 1.54) is 9.80 Å². The van der Waals surface area contributed by atoms with Crippen LogP contribution in [0.1, 0.15) is 28.5 Å². The van der Waals surface area contributed by atoms with Gasteiger partial charge in [-0.2, -0.15) is 18.3 Å². The third kappa shape index (κ3) is 3.60. The number of carbonyl (C=O) groups excluding carboxylic acids is 1. The average molecular weight is 367 g/mol. The number of hydrogen-bond donors (Lipinski definition) is 1. The van der Waals surface area contributed by atoms with Gasteiger partial charge in [0.1, 0.15) is 0 Å². The molecule has 2 aromatic rings. The molecule has 0 spiro atoms. The average Bonchev–Trinajstić information content (AvgIpc) is 3.07. The number of aryl methyl sites for hydroxylation is 1. The number of alkyl halides is 3. The zero-order valence-corrected chi connectivity index (χ0v) is 14.8. The molecule has 140 valence electrons. The summed E-state index contributed by atoms with van der Waals surface area (Å²) in [5.41, 5.74) is -0.195. The highest BCUT2D eigenvalue weighted by molar-refractivity contribution is 5.95. The Morgan fingerprint density at radius 2 is 1.81 bits per heavy atom. The summed E-state index contributed by atoms with van der Waals surface area (Å²) >= 11 is 0. The molecule has 1 saturated heterocycles. The summed E-state index contributed by atoms with van der Waals surface area (Å²) in [7, 11) is 0. The quantitative estimate of drug-likeness (QED) is 0.895. The van der Waals surface area contributed by atoms with Gasteiger partial charge in [-0.3, -0.25) is 4.79 Å². The molecule has 8 heteroatoms. The van der Waals surface area contributed by atoms with Crippen LogP contribution in [0.25, 0.3) is 5.69 Å². The molecule has 1 aliphatic heterocycles. The maximum absolute atomic E-state index is 13.7. The second kappa shape index (κ2) is 7.11. The van der Waals surface area contributed by atoms with E-state index in [0.717, 1.165) is 36.1 Å². The monoisotopic (exact) mass is 367 g/mol. The molecular weight excluding hydrogens is 345 g/mol. The second-order valence-electron chi connectivity index (χ2n) is 6.55. The normalized spacial score (nSPS) is 16.1. The van der Waals surface area contributed by atoms with Crippen LogP contribution in [0.3, 0.4) is 0 Å². The Hall–Kier alpha value is -2.35. The first-order chi connectivity index (χ1) is 12.3. The molecule has 0 aliphatic carbocycles. The van der Waals surface area contributed by atoms with Crippen LogP contribution >= 0.6 is 0 Å². The number of hydrogen-bond acceptors (Lipinski definition) is 2. The van der Waals surface area contributed by atoms with Crippen molar-refractivity contribution in [1.29, 1.82) is 0 Å². The van der Waals surface area contributed by atoms with Crippen molar-refractivity contribution in [3.63, 3.8) is 0 Å². The lowest BCUT2D eigenvalue weighted by Gasteiger charge is -2.31. The Balaban J connectivity index is 1.95. The van der Waals surface area contributed by atoms with Crippen molar-refractivity contribution in [2.45, 2.75) is 20.0 Å². The van der Waals surface area contributed by atoms with Crippen LogP contribution in [0, 0.1) is 6.92 Å². The number of carbonyl (C=O) groups is 1. The predicted molar refractivity (Wildman–Crippen MR) is 90.4 cm³/mol. The van der Waals surface area contributed by atoms with Gasteiger partial charge in [0.15, 0.2) is 5.69 Å². The molecule has 0 bridgehead atoms. The fourth-order valence-corrected chi connectivity index (χ4v) is 3.21. The van der Waals surface area contributed by atoms with E-state index in [1.807, 2.05) is 6.92 Å². The van der Waals surface area contributed by atoms with Gasteiger partial charge in [-0.15, -0.1) is 0 Å². The first-order valence-electron chi connectivity index (χ1n) is 8.66. The minimum Gasteiger partial charge on any atom is -0.332 e. The van der Waals surface area contributed by atoms with Crippen molar-refractivity contribution < 1.29 is 22.9 Å². The van der Waals surface area contributed by atoms with Crippen molar-refractivity contribution >= 4 is 5.91 Å². The highest BCUT2D eigenvalue weighted by Crippen LogP contribution is 2.34. The SMILES string of the molecule is CC[NH+]1CCN(C(=O)c2cnn(-c3ccc(C)cc3)c2C(F)(F)F)CC1. The van der Waals surface area contributed by atoms with Gasteiger partial charge in [0.05, 0.1) is 50.2 Å². The molecule has 1 aromatic heterocycles. The molecule has 1 amide bonds. The van der Waals surface area contributed by atoms with Crippen molar-refractivity contribution in [2.24, 2.45) is 0 Å². The summed E-state index contributed by atoms with van der Waals surface area (Å²) in [5.74, 6) is -0.606. The number of nitrogens with one attached hydrogen (secondary N) is 1. The van der Waals surface area contributed by atoms with E-state index in [0.29, 0.717) is 13.1 Å². The van der Waals surface area contributed by atoms with Crippen molar-refractivity contribution in [3.8, 4) is 5.69 Å². The summed E-state index contributed by atoms with van der Waals surface area (Å²) in [6, 6.07) is 6.56. The van der Waals surface area contributed by atoms with E-state index < -0.39 is 23.3 Å². The van der Waals surface area contributed by atoms with Gasteiger partial charge >= 0.3 is 6.18 Å². The highest BCUT2D eigenvalue weighted by Gasteiger charge is 2.41. The van der Waals surface area contributed by atoms with E-state index in [4.69, 9.17) is 0 Å². The van der Waals surface area contributed by atoms with Crippen LogP contribution in [-0.2, 0) is 6.18 Å². The topological polar surface area (TPSA) is 42.6 Å². The van der Waals surface area contributed by atoms with E-state index in [-0.39, 0.29) is 5.69 Å². The number of benzene rings is 1. The Labute approximate surface area is 150 Å². The van der Waals surface area contributed by atoms with Crippen molar-refractivity contribution in [1.82, 2.24) is 14.7 Å². The van der Waals surface area contributed by atoms with Gasteiger partial charge < -0.3 is 9.80 Å². The fraction of sp³-hybridized carbons (Fsp3) is 0.444. The molecule has 26 heavy (non-hydrogen) atoms. The number of quaternary nitrogens is 1. The van der Waals surface area contributed by atoms with Gasteiger partial charge in [0.2, 0.25) is 0 Å². The van der Waals surface area contributed by atoms with Crippen LogP contribution in [0.5, 0.6) is 0 Å². The number of nitrogens with zero attached hydrogens (tertiary/aromatic N) is 3. The van der Waals surface area contributed by atoms with Crippen LogP contribution in [-0.4, -0.2) is 53.3 Å². The number of aromatic nitrogens is 2. The largest absolute Gasteiger partial charge is 0.434 e. The minimum atomic E-state index is -4.68. The van der Waals surface area contributed by atoms with Crippen molar-refractivity contribution in [2.75, 3.05) is 32.7 Å². The smallest absolute Gasteiger partial charge is 0.332 e. The summed E-state index contributed by atoms with van der Waals surface area (Å²) in [4.78, 5) is 15.6. The molecule has 1 aromatic carbocycles. The van der Waals surface area contributed by atoms with E-state index >= 15 is 0 Å². The molecule has 1 aliphatic rings. The Kier molecular flexibility index (Phi) is 5.04. The van der Waals surface area contributed by atoms with E-state index in [9.17, 15) is 18.0 Å². The lowest BCUT2D eigenvalue weighted by atomic mass is 10.1. The number of likely N-dealkylation sites (N-methyl/N-ethyl adjacent to an activating group) is 1. The standard InChI is InChI=1S/C18H21F3N4O/c1-3-23-8-10-24(11-9-23)17(26)15-12-22-25(16(15)18(19,20)21)14-6-4-13(2)5-7-14/h4-7,12H,3,8-11H2,1-2H3/p+1. The molecule has 0 atom stereocenters. The third-order valence-corrected chi connectivity index (χ3v) is 4.80. The molecule has 1 N–H and O–H groups in total. The van der Waals surface area contributed by atoms with Gasteiger partial charge in [-0.25, -0.2) is 4.68 Å². The molecule has 2 heterocycles. The number of rotatable bonds is 3. The lowest BCUT2D eigenvalue weighted by Crippen LogP contribution is -3.14. The molecular formula is C18H22F3N4O+. The summed E-state index contributed by atoms with van der Waals surface area (Å²) in [6.45, 7) is 7.25. The van der Waals surface area contributed by atoms with Gasteiger partial charge in [0, 0.05) is 0 Å². The minimum absolute atomic E-state index is 0.280. The Bertz CT molecular complexity index is 775. The highest BCUT2D eigenvalue weighted by atomic mass is 19.4. The second-order valence-corrected chi connectivity index (χ2v) is 6.55. The van der Waals surface area contributed by atoms with Crippen LogP contribution in [0.2, 0.25) is 0 Å². The van der Waals surface area contributed by atoms with Crippen LogP contribution in [0.4, 0.5) is 13.2 Å². The first-order valence-corrected chi connectivity index (χ1v) is 8.66. The summed E-state index contributed by atoms with van der Waals surface area (Å²) in [6.07, 6.45) is -3.65. The predicted octanol–water partition coefficient (Wildman–Crippen LogP) is 1.56. The van der Waals surface area contributed by atoms with Crippen molar-refractivity contribution in [3.05, 3.63) is 47.3 Å².